The lowest BCUT2D eigenvalue weighted by Crippen LogP contribution is -2.51. The Bertz CT molecular complexity index is 580. The number of sulfonamides is 1. The zero-order valence-electron chi connectivity index (χ0n) is 15.9. The molecule has 3 rings (SSSR count). The van der Waals surface area contributed by atoms with Crippen LogP contribution in [0.15, 0.2) is 0 Å². The Morgan fingerprint density at radius 3 is 2.31 bits per heavy atom. The molecule has 0 radical (unpaired) electrons. The van der Waals surface area contributed by atoms with E-state index in [0.717, 1.165) is 6.42 Å². The first-order valence-corrected chi connectivity index (χ1v) is 11.4. The molecule has 3 aliphatic heterocycles. The fraction of sp³-hybridized carbons (Fsp3) is 0.944. The van der Waals surface area contributed by atoms with E-state index in [9.17, 15) is 13.2 Å². The Labute approximate surface area is 156 Å². The molecule has 1 N–H and O–H groups in total. The van der Waals surface area contributed by atoms with Crippen LogP contribution < -0.4 is 5.32 Å². The summed E-state index contributed by atoms with van der Waals surface area (Å²) in [5.41, 5.74) is 0. The van der Waals surface area contributed by atoms with E-state index in [1.165, 1.54) is 0 Å². The summed E-state index contributed by atoms with van der Waals surface area (Å²) in [4.78, 5) is 12.6. The van der Waals surface area contributed by atoms with E-state index in [0.29, 0.717) is 64.5 Å². The molecule has 26 heavy (non-hydrogen) atoms. The normalized spacial score (nSPS) is 30.0. The van der Waals surface area contributed by atoms with Crippen molar-refractivity contribution in [2.45, 2.75) is 63.3 Å². The molecule has 8 heteroatoms. The van der Waals surface area contributed by atoms with Crippen LogP contribution in [0.1, 0.15) is 46.0 Å². The van der Waals surface area contributed by atoms with Crippen LogP contribution in [0, 0.1) is 11.8 Å². The van der Waals surface area contributed by atoms with Gasteiger partial charge in [-0.1, -0.05) is 13.8 Å². The molecule has 1 amide bonds. The molecule has 7 nitrogen and oxygen atoms in total. The van der Waals surface area contributed by atoms with Crippen molar-refractivity contribution in [3.05, 3.63) is 0 Å². The fourth-order valence-corrected chi connectivity index (χ4v) is 6.23. The van der Waals surface area contributed by atoms with E-state index in [2.05, 4.69) is 19.2 Å². The Kier molecular flexibility index (Phi) is 6.59. The molecule has 2 atom stereocenters. The third kappa shape index (κ3) is 4.40. The zero-order valence-corrected chi connectivity index (χ0v) is 16.7. The number of carbonyl (C=O) groups is 1. The minimum atomic E-state index is -3.25. The van der Waals surface area contributed by atoms with Gasteiger partial charge < -0.3 is 14.8 Å². The van der Waals surface area contributed by atoms with Crippen LogP contribution >= 0.6 is 0 Å². The highest BCUT2D eigenvalue weighted by atomic mass is 32.2. The summed E-state index contributed by atoms with van der Waals surface area (Å²) in [6.07, 6.45) is 3.27. The van der Waals surface area contributed by atoms with Gasteiger partial charge in [0.1, 0.15) is 0 Å². The SMILES string of the molecule is CC(C)[C@@H]1OCC[C@H]1C(=O)NC1CCN(S(=O)(=O)C2CCOCC2)CC1. The quantitative estimate of drug-likeness (QED) is 0.763. The second-order valence-corrected chi connectivity index (χ2v) is 10.2. The molecule has 0 aliphatic carbocycles. The topological polar surface area (TPSA) is 84.9 Å². The van der Waals surface area contributed by atoms with Gasteiger partial charge in [0.05, 0.1) is 17.3 Å². The standard InChI is InChI=1S/C18H32N2O5S/c1-13(2)17-16(7-12-25-17)18(21)19-14-3-8-20(9-4-14)26(22,23)15-5-10-24-11-6-15/h13-17H,3-12H2,1-2H3,(H,19,21)/t16-,17+/m1/s1. The molecule has 3 fully saturated rings. The lowest BCUT2D eigenvalue weighted by molar-refractivity contribution is -0.128. The van der Waals surface area contributed by atoms with Gasteiger partial charge in [-0.2, -0.15) is 0 Å². The summed E-state index contributed by atoms with van der Waals surface area (Å²) in [5, 5.41) is 2.82. The highest BCUT2D eigenvalue weighted by molar-refractivity contribution is 7.89. The molecule has 3 aliphatic rings. The third-order valence-corrected chi connectivity index (χ3v) is 8.28. The Morgan fingerprint density at radius 1 is 1.04 bits per heavy atom. The highest BCUT2D eigenvalue weighted by Gasteiger charge is 2.39. The first kappa shape index (κ1) is 20.0. The van der Waals surface area contributed by atoms with E-state index in [1.807, 2.05) is 0 Å². The van der Waals surface area contributed by atoms with Crippen molar-refractivity contribution in [3.8, 4) is 0 Å². The predicted molar refractivity (Wildman–Crippen MR) is 98.2 cm³/mol. The maximum Gasteiger partial charge on any atom is 0.226 e. The van der Waals surface area contributed by atoms with Crippen molar-refractivity contribution in [1.29, 1.82) is 0 Å². The molecular weight excluding hydrogens is 356 g/mol. The number of hydrogen-bond acceptors (Lipinski definition) is 5. The van der Waals surface area contributed by atoms with Gasteiger partial charge in [-0.3, -0.25) is 4.79 Å². The lowest BCUT2D eigenvalue weighted by atomic mass is 9.91. The number of hydrogen-bond donors (Lipinski definition) is 1. The number of rotatable bonds is 5. The number of nitrogens with zero attached hydrogens (tertiary/aromatic N) is 1. The number of piperidine rings is 1. The molecule has 0 saturated carbocycles. The summed E-state index contributed by atoms with van der Waals surface area (Å²) in [7, 11) is -3.25. The summed E-state index contributed by atoms with van der Waals surface area (Å²) < 4.78 is 38.1. The van der Waals surface area contributed by atoms with E-state index in [-0.39, 0.29) is 29.2 Å². The van der Waals surface area contributed by atoms with Crippen LogP contribution in [0.2, 0.25) is 0 Å². The number of ether oxygens (including phenoxy) is 2. The second kappa shape index (κ2) is 8.54. The predicted octanol–water partition coefficient (Wildman–Crippen LogP) is 1.14. The molecular formula is C18H32N2O5S. The van der Waals surface area contributed by atoms with Crippen molar-refractivity contribution in [2.75, 3.05) is 32.9 Å². The average molecular weight is 389 g/mol. The van der Waals surface area contributed by atoms with E-state index in [4.69, 9.17) is 9.47 Å². The van der Waals surface area contributed by atoms with Crippen LogP contribution in [0.5, 0.6) is 0 Å². The maximum atomic E-state index is 12.8. The smallest absolute Gasteiger partial charge is 0.226 e. The molecule has 0 aromatic rings. The molecule has 3 heterocycles. The van der Waals surface area contributed by atoms with Crippen molar-refractivity contribution >= 4 is 15.9 Å². The van der Waals surface area contributed by atoms with Crippen LogP contribution in [-0.4, -0.2) is 68.9 Å². The van der Waals surface area contributed by atoms with Gasteiger partial charge in [0.25, 0.3) is 0 Å². The minimum Gasteiger partial charge on any atom is -0.381 e. The fourth-order valence-electron chi connectivity index (χ4n) is 4.30. The van der Waals surface area contributed by atoms with Gasteiger partial charge >= 0.3 is 0 Å². The summed E-state index contributed by atoms with van der Waals surface area (Å²) in [6.45, 7) is 6.82. The number of nitrogens with one attached hydrogen (secondary N) is 1. The van der Waals surface area contributed by atoms with Crippen LogP contribution in [0.25, 0.3) is 0 Å². The maximum absolute atomic E-state index is 12.8. The molecule has 150 valence electrons. The third-order valence-electron chi connectivity index (χ3n) is 5.88. The van der Waals surface area contributed by atoms with Crippen LogP contribution in [0.3, 0.4) is 0 Å². The molecule has 0 unspecified atom stereocenters. The molecule has 0 aromatic heterocycles. The Balaban J connectivity index is 1.50. The van der Waals surface area contributed by atoms with E-state index < -0.39 is 10.0 Å². The number of carbonyl (C=O) groups excluding carboxylic acids is 1. The van der Waals surface area contributed by atoms with Crippen molar-refractivity contribution in [3.63, 3.8) is 0 Å². The summed E-state index contributed by atoms with van der Waals surface area (Å²) in [5.74, 6) is 0.297. The summed E-state index contributed by atoms with van der Waals surface area (Å²) >= 11 is 0. The molecule has 0 aromatic carbocycles. The Hall–Kier alpha value is -0.700. The van der Waals surface area contributed by atoms with Gasteiger partial charge in [-0.15, -0.1) is 0 Å². The van der Waals surface area contributed by atoms with Gasteiger partial charge in [0.2, 0.25) is 15.9 Å². The number of amides is 1. The van der Waals surface area contributed by atoms with Gasteiger partial charge in [0, 0.05) is 39.0 Å². The highest BCUT2D eigenvalue weighted by Crippen LogP contribution is 2.28. The van der Waals surface area contributed by atoms with Gasteiger partial charge in [-0.25, -0.2) is 12.7 Å². The largest absolute Gasteiger partial charge is 0.381 e. The Morgan fingerprint density at radius 2 is 1.69 bits per heavy atom. The average Bonchev–Trinajstić information content (AvgIpc) is 3.13. The van der Waals surface area contributed by atoms with E-state index >= 15 is 0 Å². The first-order chi connectivity index (χ1) is 12.4. The van der Waals surface area contributed by atoms with Crippen LogP contribution in [-0.2, 0) is 24.3 Å². The molecule has 0 spiro atoms. The summed E-state index contributed by atoms with van der Waals surface area (Å²) in [6, 6.07) is 0.0528. The molecule has 3 saturated heterocycles. The monoisotopic (exact) mass is 388 g/mol. The minimum absolute atomic E-state index is 0.0102. The van der Waals surface area contributed by atoms with Gasteiger partial charge in [0.15, 0.2) is 0 Å². The van der Waals surface area contributed by atoms with Gasteiger partial charge in [-0.05, 0) is 38.0 Å². The van der Waals surface area contributed by atoms with Crippen molar-refractivity contribution < 1.29 is 22.7 Å². The van der Waals surface area contributed by atoms with Crippen molar-refractivity contribution in [2.24, 2.45) is 11.8 Å². The van der Waals surface area contributed by atoms with E-state index in [1.54, 1.807) is 4.31 Å². The molecule has 0 bridgehead atoms. The lowest BCUT2D eigenvalue weighted by Gasteiger charge is -2.35. The van der Waals surface area contributed by atoms with Crippen molar-refractivity contribution in [1.82, 2.24) is 9.62 Å². The zero-order chi connectivity index (χ0) is 18.7. The first-order valence-electron chi connectivity index (χ1n) is 9.88. The second-order valence-electron chi connectivity index (χ2n) is 8.01. The van der Waals surface area contributed by atoms with Crippen LogP contribution in [0.4, 0.5) is 0 Å².